The second-order valence-corrected chi connectivity index (χ2v) is 6.65. The highest BCUT2D eigenvalue weighted by Gasteiger charge is 2.31. The highest BCUT2D eigenvalue weighted by molar-refractivity contribution is 7.13. The van der Waals surface area contributed by atoms with E-state index in [0.717, 1.165) is 4.88 Å². The van der Waals surface area contributed by atoms with E-state index in [2.05, 4.69) is 10.1 Å². The zero-order chi connectivity index (χ0) is 17.9. The number of hydrogen-bond donors (Lipinski definition) is 0. The van der Waals surface area contributed by atoms with E-state index in [9.17, 15) is 4.79 Å². The monoisotopic (exact) mass is 371 g/mol. The van der Waals surface area contributed by atoms with Crippen molar-refractivity contribution >= 4 is 17.2 Å². The molecule has 134 valence electrons. The summed E-state index contributed by atoms with van der Waals surface area (Å²) in [5, 5.41) is 5.93. The molecule has 1 atom stereocenters. The predicted octanol–water partition coefficient (Wildman–Crippen LogP) is 2.99. The quantitative estimate of drug-likeness (QED) is 0.686. The topological polar surface area (TPSA) is 77.7 Å². The van der Waals surface area contributed by atoms with Gasteiger partial charge in [0.15, 0.2) is 11.5 Å². The van der Waals surface area contributed by atoms with Crippen molar-refractivity contribution in [3.63, 3.8) is 0 Å². The number of para-hydroxylation sites is 2. The third-order valence-electron chi connectivity index (χ3n) is 4.01. The van der Waals surface area contributed by atoms with Crippen molar-refractivity contribution in [2.75, 3.05) is 13.2 Å². The van der Waals surface area contributed by atoms with Gasteiger partial charge in [-0.1, -0.05) is 23.4 Å². The summed E-state index contributed by atoms with van der Waals surface area (Å²) in [6.45, 7) is 2.80. The van der Waals surface area contributed by atoms with Gasteiger partial charge < -0.3 is 18.9 Å². The van der Waals surface area contributed by atoms with Crippen molar-refractivity contribution in [1.29, 1.82) is 0 Å². The fourth-order valence-corrected chi connectivity index (χ4v) is 3.33. The number of benzene rings is 1. The highest BCUT2D eigenvalue weighted by atomic mass is 32.1. The van der Waals surface area contributed by atoms with Crippen LogP contribution in [-0.4, -0.2) is 40.2 Å². The van der Waals surface area contributed by atoms with Crippen LogP contribution in [0.2, 0.25) is 0 Å². The number of fused-ring (bicyclic) bond motifs is 1. The normalized spacial score (nSPS) is 15.7. The molecular formula is C18H17N3O4S. The molecule has 0 unspecified atom stereocenters. The Hall–Kier alpha value is -2.87. The van der Waals surface area contributed by atoms with Gasteiger partial charge in [0.1, 0.15) is 13.2 Å². The summed E-state index contributed by atoms with van der Waals surface area (Å²) in [5.41, 5.74) is 0. The molecule has 0 spiro atoms. The Bertz CT molecular complexity index is 893. The van der Waals surface area contributed by atoms with Crippen LogP contribution in [0.1, 0.15) is 12.8 Å². The average molecular weight is 371 g/mol. The van der Waals surface area contributed by atoms with E-state index in [1.807, 2.05) is 42.6 Å². The van der Waals surface area contributed by atoms with E-state index in [-0.39, 0.29) is 19.1 Å². The minimum atomic E-state index is -0.690. The van der Waals surface area contributed by atoms with E-state index in [1.165, 1.54) is 11.3 Å². The summed E-state index contributed by atoms with van der Waals surface area (Å²) < 4.78 is 16.7. The third-order valence-corrected chi connectivity index (χ3v) is 4.88. The molecule has 3 heterocycles. The number of rotatable bonds is 5. The van der Waals surface area contributed by atoms with Crippen molar-refractivity contribution in [2.45, 2.75) is 19.6 Å². The molecule has 0 saturated carbocycles. The van der Waals surface area contributed by atoms with Crippen LogP contribution in [0.25, 0.3) is 10.7 Å². The summed E-state index contributed by atoms with van der Waals surface area (Å²) in [7, 11) is 0. The van der Waals surface area contributed by atoms with Crippen LogP contribution in [0.15, 0.2) is 46.3 Å². The molecule has 1 amide bonds. The van der Waals surface area contributed by atoms with E-state index in [4.69, 9.17) is 14.0 Å². The first-order valence-electron chi connectivity index (χ1n) is 8.28. The van der Waals surface area contributed by atoms with Crippen LogP contribution in [0.4, 0.5) is 0 Å². The SMILES string of the molecule is CCN(Cc1nc(-c2cccs2)no1)C(=O)[C@@H]1COc2ccccc2O1. The molecule has 0 fully saturated rings. The fraction of sp³-hybridized carbons (Fsp3) is 0.278. The Morgan fingerprint density at radius 1 is 1.27 bits per heavy atom. The van der Waals surface area contributed by atoms with E-state index in [1.54, 1.807) is 11.0 Å². The summed E-state index contributed by atoms with van der Waals surface area (Å²) in [5.74, 6) is 1.98. The molecule has 1 aliphatic heterocycles. The van der Waals surface area contributed by atoms with Gasteiger partial charge >= 0.3 is 0 Å². The van der Waals surface area contributed by atoms with Crippen LogP contribution in [0.3, 0.4) is 0 Å². The van der Waals surface area contributed by atoms with Crippen LogP contribution in [0.5, 0.6) is 11.5 Å². The van der Waals surface area contributed by atoms with Crippen molar-refractivity contribution in [2.24, 2.45) is 0 Å². The lowest BCUT2D eigenvalue weighted by Gasteiger charge is -2.29. The second kappa shape index (κ2) is 7.17. The molecule has 0 aliphatic carbocycles. The molecule has 7 nitrogen and oxygen atoms in total. The van der Waals surface area contributed by atoms with Crippen LogP contribution >= 0.6 is 11.3 Å². The van der Waals surface area contributed by atoms with E-state index >= 15 is 0 Å². The van der Waals surface area contributed by atoms with Gasteiger partial charge in [-0.25, -0.2) is 0 Å². The Labute approximate surface area is 154 Å². The Kier molecular flexibility index (Phi) is 4.57. The summed E-state index contributed by atoms with van der Waals surface area (Å²) >= 11 is 1.53. The average Bonchev–Trinajstić information content (AvgIpc) is 3.36. The van der Waals surface area contributed by atoms with Gasteiger partial charge in [0.2, 0.25) is 17.8 Å². The van der Waals surface area contributed by atoms with Crippen molar-refractivity contribution < 1.29 is 18.8 Å². The number of amides is 1. The van der Waals surface area contributed by atoms with E-state index in [0.29, 0.717) is 29.8 Å². The standard InChI is InChI=1S/C18H17N3O4S/c1-2-21(10-16-19-17(20-25-16)15-8-5-9-26-15)18(22)14-11-23-12-6-3-4-7-13(12)24-14/h3-9,14H,2,10-11H2,1H3/t14-/m0/s1. The first kappa shape index (κ1) is 16.6. The maximum Gasteiger partial charge on any atom is 0.267 e. The third kappa shape index (κ3) is 3.28. The summed E-state index contributed by atoms with van der Waals surface area (Å²) in [4.78, 5) is 19.7. The zero-order valence-corrected chi connectivity index (χ0v) is 14.9. The predicted molar refractivity (Wildman–Crippen MR) is 95.1 cm³/mol. The lowest BCUT2D eigenvalue weighted by atomic mass is 10.2. The fourth-order valence-electron chi connectivity index (χ4n) is 2.68. The molecule has 1 aliphatic rings. The van der Waals surface area contributed by atoms with Gasteiger partial charge in [0, 0.05) is 6.54 Å². The van der Waals surface area contributed by atoms with Crippen molar-refractivity contribution in [3.8, 4) is 22.2 Å². The number of hydrogen-bond acceptors (Lipinski definition) is 7. The number of aromatic nitrogens is 2. The number of nitrogens with zero attached hydrogens (tertiary/aromatic N) is 3. The smallest absolute Gasteiger partial charge is 0.267 e. The van der Waals surface area contributed by atoms with Crippen molar-refractivity contribution in [3.05, 3.63) is 47.7 Å². The second-order valence-electron chi connectivity index (χ2n) is 5.71. The van der Waals surface area contributed by atoms with Crippen molar-refractivity contribution in [1.82, 2.24) is 15.0 Å². The molecule has 0 N–H and O–H groups in total. The first-order chi connectivity index (χ1) is 12.7. The Morgan fingerprint density at radius 2 is 2.12 bits per heavy atom. The molecule has 8 heteroatoms. The van der Waals surface area contributed by atoms with Crippen LogP contribution in [-0.2, 0) is 11.3 Å². The first-order valence-corrected chi connectivity index (χ1v) is 9.16. The van der Waals surface area contributed by atoms with Gasteiger partial charge in [0.25, 0.3) is 5.91 Å². The number of thiophene rings is 1. The Balaban J connectivity index is 1.45. The molecule has 4 rings (SSSR count). The molecule has 2 aromatic heterocycles. The van der Waals surface area contributed by atoms with Gasteiger partial charge in [-0.05, 0) is 30.5 Å². The van der Waals surface area contributed by atoms with Crippen LogP contribution in [0, 0.1) is 0 Å². The van der Waals surface area contributed by atoms with E-state index < -0.39 is 6.10 Å². The number of likely N-dealkylation sites (N-methyl/N-ethyl adjacent to an activating group) is 1. The van der Waals surface area contributed by atoms with Gasteiger partial charge in [-0.15, -0.1) is 11.3 Å². The van der Waals surface area contributed by atoms with Crippen LogP contribution < -0.4 is 9.47 Å². The minimum Gasteiger partial charge on any atom is -0.485 e. The zero-order valence-electron chi connectivity index (χ0n) is 14.1. The molecule has 0 saturated heterocycles. The summed E-state index contributed by atoms with van der Waals surface area (Å²) in [6.07, 6.45) is -0.690. The maximum absolute atomic E-state index is 12.8. The number of ether oxygens (including phenoxy) is 2. The van der Waals surface area contributed by atoms with Gasteiger partial charge in [-0.2, -0.15) is 4.98 Å². The number of carbonyl (C=O) groups is 1. The molecule has 3 aromatic rings. The largest absolute Gasteiger partial charge is 0.485 e. The highest BCUT2D eigenvalue weighted by Crippen LogP contribution is 2.31. The molecular weight excluding hydrogens is 354 g/mol. The van der Waals surface area contributed by atoms with Gasteiger partial charge in [0.05, 0.1) is 4.88 Å². The lowest BCUT2D eigenvalue weighted by molar-refractivity contribution is -0.142. The number of carbonyl (C=O) groups excluding carboxylic acids is 1. The summed E-state index contributed by atoms with van der Waals surface area (Å²) in [6, 6.07) is 11.2. The minimum absolute atomic E-state index is 0.169. The molecule has 26 heavy (non-hydrogen) atoms. The molecule has 0 bridgehead atoms. The molecule has 0 radical (unpaired) electrons. The molecule has 1 aromatic carbocycles. The Morgan fingerprint density at radius 3 is 2.88 bits per heavy atom. The lowest BCUT2D eigenvalue weighted by Crippen LogP contribution is -2.46. The maximum atomic E-state index is 12.8. The van der Waals surface area contributed by atoms with Gasteiger partial charge in [-0.3, -0.25) is 4.79 Å².